The SMILES string of the molecule is CC(C)CN=C(N)Nc1cc(C(F)(F)F)ccc1Br. The summed E-state index contributed by atoms with van der Waals surface area (Å²) in [5.74, 6) is 0.416. The smallest absolute Gasteiger partial charge is 0.370 e. The van der Waals surface area contributed by atoms with Crippen molar-refractivity contribution in [3.8, 4) is 0 Å². The van der Waals surface area contributed by atoms with E-state index in [1.165, 1.54) is 6.07 Å². The molecule has 0 bridgehead atoms. The minimum atomic E-state index is -4.39. The van der Waals surface area contributed by atoms with Crippen LogP contribution in [0.15, 0.2) is 27.7 Å². The number of anilines is 1. The van der Waals surface area contributed by atoms with Crippen LogP contribution in [0.3, 0.4) is 0 Å². The Hall–Kier alpha value is -1.24. The fraction of sp³-hybridized carbons (Fsp3) is 0.417. The molecule has 0 saturated heterocycles. The number of benzene rings is 1. The van der Waals surface area contributed by atoms with Crippen molar-refractivity contribution >= 4 is 27.6 Å². The van der Waals surface area contributed by atoms with Gasteiger partial charge in [-0.25, -0.2) is 0 Å². The molecule has 0 aliphatic carbocycles. The average Bonchev–Trinajstić information content (AvgIpc) is 2.28. The zero-order valence-electron chi connectivity index (χ0n) is 10.6. The highest BCUT2D eigenvalue weighted by Crippen LogP contribution is 2.33. The van der Waals surface area contributed by atoms with Gasteiger partial charge in [0.2, 0.25) is 0 Å². The van der Waals surface area contributed by atoms with Crippen LogP contribution in [0, 0.1) is 5.92 Å². The van der Waals surface area contributed by atoms with Gasteiger partial charge in [-0.2, -0.15) is 13.2 Å². The summed E-state index contributed by atoms with van der Waals surface area (Å²) in [6, 6.07) is 3.30. The summed E-state index contributed by atoms with van der Waals surface area (Å²) in [5, 5.41) is 2.66. The Kier molecular flexibility index (Phi) is 5.22. The molecule has 0 radical (unpaired) electrons. The highest BCUT2D eigenvalue weighted by Gasteiger charge is 2.30. The van der Waals surface area contributed by atoms with Crippen LogP contribution in [0.1, 0.15) is 19.4 Å². The molecule has 0 spiro atoms. The second kappa shape index (κ2) is 6.27. The van der Waals surface area contributed by atoms with Crippen molar-refractivity contribution in [1.29, 1.82) is 0 Å². The van der Waals surface area contributed by atoms with Crippen molar-refractivity contribution in [2.75, 3.05) is 11.9 Å². The Morgan fingerprint density at radius 2 is 2.05 bits per heavy atom. The maximum absolute atomic E-state index is 12.6. The summed E-state index contributed by atoms with van der Waals surface area (Å²) >= 11 is 3.17. The second-order valence-electron chi connectivity index (χ2n) is 4.44. The van der Waals surface area contributed by atoms with E-state index < -0.39 is 11.7 Å². The van der Waals surface area contributed by atoms with Crippen LogP contribution in [0.25, 0.3) is 0 Å². The molecule has 0 aliphatic heterocycles. The van der Waals surface area contributed by atoms with Crippen molar-refractivity contribution in [2.24, 2.45) is 16.6 Å². The number of nitrogens with zero attached hydrogens (tertiary/aromatic N) is 1. The van der Waals surface area contributed by atoms with Gasteiger partial charge in [0.15, 0.2) is 5.96 Å². The van der Waals surface area contributed by atoms with E-state index in [9.17, 15) is 13.2 Å². The first-order chi connectivity index (χ1) is 8.70. The van der Waals surface area contributed by atoms with Crippen LogP contribution < -0.4 is 11.1 Å². The van der Waals surface area contributed by atoms with Crippen LogP contribution in [0.2, 0.25) is 0 Å². The molecule has 0 unspecified atom stereocenters. The number of aliphatic imine (C=N–C) groups is 1. The highest BCUT2D eigenvalue weighted by atomic mass is 79.9. The third kappa shape index (κ3) is 5.10. The zero-order valence-corrected chi connectivity index (χ0v) is 12.1. The Morgan fingerprint density at radius 3 is 2.58 bits per heavy atom. The Balaban J connectivity index is 2.92. The van der Waals surface area contributed by atoms with Crippen molar-refractivity contribution in [2.45, 2.75) is 20.0 Å². The van der Waals surface area contributed by atoms with Gasteiger partial charge >= 0.3 is 6.18 Å². The quantitative estimate of drug-likeness (QED) is 0.650. The van der Waals surface area contributed by atoms with E-state index in [1.807, 2.05) is 13.8 Å². The molecule has 3 nitrogen and oxygen atoms in total. The Labute approximate surface area is 118 Å². The molecule has 0 atom stereocenters. The molecule has 0 saturated carbocycles. The molecule has 0 aliphatic rings. The molecule has 0 heterocycles. The number of guanidine groups is 1. The first-order valence-corrected chi connectivity index (χ1v) is 6.43. The van der Waals surface area contributed by atoms with E-state index >= 15 is 0 Å². The highest BCUT2D eigenvalue weighted by molar-refractivity contribution is 9.10. The molecule has 19 heavy (non-hydrogen) atoms. The monoisotopic (exact) mass is 337 g/mol. The topological polar surface area (TPSA) is 50.4 Å². The van der Waals surface area contributed by atoms with Crippen LogP contribution in [-0.2, 0) is 6.18 Å². The predicted molar refractivity (Wildman–Crippen MR) is 74.1 cm³/mol. The fourth-order valence-corrected chi connectivity index (χ4v) is 1.60. The van der Waals surface area contributed by atoms with Crippen molar-refractivity contribution in [3.63, 3.8) is 0 Å². The first-order valence-electron chi connectivity index (χ1n) is 5.64. The fourth-order valence-electron chi connectivity index (χ4n) is 1.26. The van der Waals surface area contributed by atoms with Gasteiger partial charge in [0.05, 0.1) is 11.3 Å². The third-order valence-electron chi connectivity index (χ3n) is 2.18. The van der Waals surface area contributed by atoms with Gasteiger partial charge in [-0.3, -0.25) is 4.99 Å². The summed E-state index contributed by atoms with van der Waals surface area (Å²) in [6.07, 6.45) is -4.39. The summed E-state index contributed by atoms with van der Waals surface area (Å²) < 4.78 is 38.2. The number of alkyl halides is 3. The van der Waals surface area contributed by atoms with Crippen LogP contribution >= 0.6 is 15.9 Å². The number of hydrogen-bond donors (Lipinski definition) is 2. The van der Waals surface area contributed by atoms with E-state index in [1.54, 1.807) is 0 Å². The van der Waals surface area contributed by atoms with Crippen LogP contribution in [-0.4, -0.2) is 12.5 Å². The number of halogens is 4. The van der Waals surface area contributed by atoms with Gasteiger partial charge in [-0.1, -0.05) is 13.8 Å². The van der Waals surface area contributed by atoms with Gasteiger partial charge in [-0.05, 0) is 40.0 Å². The largest absolute Gasteiger partial charge is 0.416 e. The zero-order chi connectivity index (χ0) is 14.6. The molecule has 0 fully saturated rings. The van der Waals surface area contributed by atoms with Crippen molar-refractivity contribution < 1.29 is 13.2 Å². The lowest BCUT2D eigenvalue weighted by atomic mass is 10.2. The van der Waals surface area contributed by atoms with Crippen molar-refractivity contribution in [1.82, 2.24) is 0 Å². The maximum Gasteiger partial charge on any atom is 0.416 e. The van der Waals surface area contributed by atoms with E-state index in [0.29, 0.717) is 16.9 Å². The normalized spacial score (nSPS) is 12.9. The molecule has 0 aromatic heterocycles. The van der Waals surface area contributed by atoms with E-state index in [4.69, 9.17) is 5.73 Å². The Morgan fingerprint density at radius 1 is 1.42 bits per heavy atom. The Bertz CT molecular complexity index is 470. The number of hydrogen-bond acceptors (Lipinski definition) is 1. The van der Waals surface area contributed by atoms with E-state index in [2.05, 4.69) is 26.2 Å². The number of nitrogens with two attached hydrogens (primary N) is 1. The van der Waals surface area contributed by atoms with E-state index in [-0.39, 0.29) is 11.6 Å². The lowest BCUT2D eigenvalue weighted by molar-refractivity contribution is -0.137. The molecule has 1 rings (SSSR count). The molecule has 7 heteroatoms. The van der Waals surface area contributed by atoms with E-state index in [0.717, 1.165) is 12.1 Å². The number of rotatable bonds is 3. The van der Waals surface area contributed by atoms with Crippen LogP contribution in [0.5, 0.6) is 0 Å². The lowest BCUT2D eigenvalue weighted by Crippen LogP contribution is -2.24. The first kappa shape index (κ1) is 15.8. The molecule has 1 aromatic rings. The van der Waals surface area contributed by atoms with Gasteiger partial charge in [-0.15, -0.1) is 0 Å². The second-order valence-corrected chi connectivity index (χ2v) is 5.29. The molecule has 0 amide bonds. The van der Waals surface area contributed by atoms with Gasteiger partial charge in [0.1, 0.15) is 0 Å². The molecule has 1 aromatic carbocycles. The minimum Gasteiger partial charge on any atom is -0.370 e. The van der Waals surface area contributed by atoms with Crippen molar-refractivity contribution in [3.05, 3.63) is 28.2 Å². The summed E-state index contributed by atoms with van der Waals surface area (Å²) in [4.78, 5) is 4.03. The van der Waals surface area contributed by atoms with Gasteiger partial charge in [0, 0.05) is 11.0 Å². The summed E-state index contributed by atoms with van der Waals surface area (Å²) in [5.41, 5.74) is 5.11. The van der Waals surface area contributed by atoms with Gasteiger partial charge < -0.3 is 11.1 Å². The lowest BCUT2D eigenvalue weighted by Gasteiger charge is -2.12. The third-order valence-corrected chi connectivity index (χ3v) is 2.87. The summed E-state index contributed by atoms with van der Waals surface area (Å²) in [6.45, 7) is 4.45. The minimum absolute atomic E-state index is 0.0914. The summed E-state index contributed by atoms with van der Waals surface area (Å²) in [7, 11) is 0. The van der Waals surface area contributed by atoms with Crippen LogP contribution in [0.4, 0.5) is 18.9 Å². The molecule has 106 valence electrons. The predicted octanol–water partition coefficient (Wildman–Crippen LogP) is 3.85. The number of nitrogens with one attached hydrogen (secondary N) is 1. The average molecular weight is 338 g/mol. The standard InChI is InChI=1S/C12H15BrF3N3/c1-7(2)6-18-11(17)19-10-5-8(12(14,15)16)3-4-9(10)13/h3-5,7H,6H2,1-2H3,(H3,17,18,19). The molecular formula is C12H15BrF3N3. The molecular weight excluding hydrogens is 323 g/mol. The maximum atomic E-state index is 12.6. The molecule has 3 N–H and O–H groups in total. The van der Waals surface area contributed by atoms with Gasteiger partial charge in [0.25, 0.3) is 0 Å².